The summed E-state index contributed by atoms with van der Waals surface area (Å²) in [5.74, 6) is -51.2. The van der Waals surface area contributed by atoms with Crippen LogP contribution >= 0.6 is 0 Å². The van der Waals surface area contributed by atoms with Gasteiger partial charge in [-0.25, -0.2) is 5.14 Å². The predicted octanol–water partition coefficient (Wildman–Crippen LogP) is 6.19. The van der Waals surface area contributed by atoms with Gasteiger partial charge in [0.05, 0.1) is 0 Å². The zero-order chi connectivity index (χ0) is 35.4. The minimum atomic E-state index is -8.79. The number of nitrogens with one attached hydrogen (secondary N) is 1. The van der Waals surface area contributed by atoms with Crippen LogP contribution in [0.5, 0.6) is 0 Å². The van der Waals surface area contributed by atoms with Crippen LogP contribution in [0.3, 0.4) is 0 Å². The van der Waals surface area contributed by atoms with Crippen LogP contribution in [0.2, 0.25) is 6.04 Å². The second-order valence-electron chi connectivity index (χ2n) is 7.90. The van der Waals surface area contributed by atoms with Gasteiger partial charge < -0.3 is 13.3 Å². The summed E-state index contributed by atoms with van der Waals surface area (Å²) in [4.78, 5) is 0. The summed E-state index contributed by atoms with van der Waals surface area (Å²) in [5.41, 5.74) is 0. The van der Waals surface area contributed by atoms with Crippen LogP contribution in [0.1, 0.15) is 34.1 Å². The monoisotopic (exact) mass is 720 g/mol. The van der Waals surface area contributed by atoms with Crippen molar-refractivity contribution in [2.45, 2.75) is 87.9 Å². The van der Waals surface area contributed by atoms with Gasteiger partial charge in [0, 0.05) is 25.9 Å². The molecular weight excluding hydrogens is 695 g/mol. The van der Waals surface area contributed by atoms with E-state index in [2.05, 4.69) is 12.1 Å². The van der Waals surface area contributed by atoms with Gasteiger partial charge in [-0.3, -0.25) is 0 Å². The third-order valence-corrected chi connectivity index (χ3v) is 8.48. The minimum absolute atomic E-state index is 0.673. The van der Waals surface area contributed by atoms with Crippen molar-refractivity contribution in [3.63, 3.8) is 0 Å². The highest BCUT2D eigenvalue weighted by Crippen LogP contribution is 2.63. The summed E-state index contributed by atoms with van der Waals surface area (Å²) < 4.78 is 253. The first-order valence-corrected chi connectivity index (χ1v) is 14.6. The molecule has 0 aromatic carbocycles. The van der Waals surface area contributed by atoms with E-state index in [4.69, 9.17) is 13.3 Å². The molecule has 7 nitrogen and oxygen atoms in total. The zero-order valence-electron chi connectivity index (χ0n) is 22.0. The highest BCUT2D eigenvalue weighted by molar-refractivity contribution is 7.87. The van der Waals surface area contributed by atoms with Gasteiger partial charge in [0.1, 0.15) is 0 Å². The number of hydrogen-bond donors (Lipinski definition) is 2. The van der Waals surface area contributed by atoms with Crippen molar-refractivity contribution < 1.29 is 96.3 Å². The van der Waals surface area contributed by atoms with Gasteiger partial charge in [0.2, 0.25) is 0 Å². The molecule has 0 saturated carbocycles. The Morgan fingerprint density at radius 2 is 0.837 bits per heavy atom. The van der Waals surface area contributed by atoms with Gasteiger partial charge in [-0.1, -0.05) is 13.3 Å². The van der Waals surface area contributed by atoms with Crippen LogP contribution in [-0.2, 0) is 23.5 Å². The summed E-state index contributed by atoms with van der Waals surface area (Å²) in [7, 11) is -8.54. The Balaban J connectivity index is 0. The molecule has 0 spiro atoms. The summed E-state index contributed by atoms with van der Waals surface area (Å²) in [5, 5.41) is 3.65. The number of halogens is 17. The molecule has 0 aromatic rings. The summed E-state index contributed by atoms with van der Waals surface area (Å²) in [6.07, 6.45) is -6.81. The van der Waals surface area contributed by atoms with E-state index >= 15 is 0 Å². The van der Waals surface area contributed by atoms with E-state index < -0.39 is 71.5 Å². The maximum atomic E-state index is 13.2. The molecule has 262 valence electrons. The Morgan fingerprint density at radius 3 is 1.07 bits per heavy atom. The fourth-order valence-electron chi connectivity index (χ4n) is 2.71. The van der Waals surface area contributed by atoms with Crippen LogP contribution < -0.4 is 9.86 Å². The van der Waals surface area contributed by atoms with E-state index in [1.807, 2.05) is 20.8 Å². The fourth-order valence-corrected chi connectivity index (χ4v) is 5.81. The summed E-state index contributed by atoms with van der Waals surface area (Å²) in [6.45, 7) is 10.1. The highest BCUT2D eigenvalue weighted by atomic mass is 32.2. The Bertz CT molecular complexity index is 966. The van der Waals surface area contributed by atoms with Crippen molar-refractivity contribution in [2.24, 2.45) is 5.14 Å². The van der Waals surface area contributed by atoms with Crippen molar-refractivity contribution in [3.05, 3.63) is 0 Å². The average molecular weight is 721 g/mol. The van der Waals surface area contributed by atoms with Crippen molar-refractivity contribution in [1.82, 2.24) is 4.72 Å². The van der Waals surface area contributed by atoms with Crippen molar-refractivity contribution >= 4 is 19.0 Å². The molecule has 43 heavy (non-hydrogen) atoms. The molecule has 0 aromatic heterocycles. The smallest absolute Gasteiger partial charge is 0.374 e. The van der Waals surface area contributed by atoms with E-state index in [9.17, 15) is 83.1 Å². The number of hydrogen-bond acceptors (Lipinski definition) is 5. The van der Waals surface area contributed by atoms with E-state index in [1.54, 1.807) is 0 Å². The average Bonchev–Trinajstić information content (AvgIpc) is 2.77. The molecule has 0 heterocycles. The lowest BCUT2D eigenvalue weighted by Crippen LogP contribution is -2.75. The highest BCUT2D eigenvalue weighted by Gasteiger charge is 2.95. The quantitative estimate of drug-likeness (QED) is 0.113. The van der Waals surface area contributed by atoms with E-state index in [0.29, 0.717) is 19.8 Å². The van der Waals surface area contributed by atoms with E-state index in [1.165, 1.54) is 0 Å². The standard InChI is InChI=1S/C9H22O3Si.C8H3F17N2O2S/c1-5-9-13(10-6-2,11-7-3)12-8-4;9-1(10,3(13,14)5(17,18)7(21,22)23)2(11,12)4(15,16)6(19,20)8(24,25)27-30(26,28)29/h5-9H2,1-4H3;27H,(H2,26,28,29). The molecule has 0 bridgehead atoms. The molecule has 0 fully saturated rings. The van der Waals surface area contributed by atoms with Gasteiger partial charge in [0.25, 0.3) is 10.2 Å². The predicted molar refractivity (Wildman–Crippen MR) is 113 cm³/mol. The Kier molecular flexibility index (Phi) is 14.3. The van der Waals surface area contributed by atoms with Crippen LogP contribution in [0, 0.1) is 0 Å². The molecule has 0 aliphatic heterocycles. The fraction of sp³-hybridized carbons (Fsp3) is 1.00. The SMILES string of the molecule is CCC[Si](OCC)(OCC)OCC.NS(=O)(=O)NC(F)(F)C(F)(F)C(F)(F)C(F)(F)C(F)(F)C(F)(F)C(F)(F)C(F)(F)F. The maximum Gasteiger partial charge on any atom is 0.500 e. The number of rotatable bonds is 16. The second-order valence-corrected chi connectivity index (χ2v) is 11.9. The third-order valence-electron chi connectivity index (χ3n) is 4.64. The first-order chi connectivity index (χ1) is 18.7. The largest absolute Gasteiger partial charge is 0.500 e. The molecule has 3 N–H and O–H groups in total. The van der Waals surface area contributed by atoms with Crippen molar-refractivity contribution in [3.8, 4) is 0 Å². The molecule has 0 unspecified atom stereocenters. The van der Waals surface area contributed by atoms with Crippen LogP contribution in [0.25, 0.3) is 0 Å². The van der Waals surface area contributed by atoms with Crippen LogP contribution in [0.4, 0.5) is 74.6 Å². The lowest BCUT2D eigenvalue weighted by Gasteiger charge is -2.42. The topological polar surface area (TPSA) is 99.9 Å². The van der Waals surface area contributed by atoms with E-state index in [0.717, 1.165) is 12.5 Å². The minimum Gasteiger partial charge on any atom is -0.374 e. The van der Waals surface area contributed by atoms with Gasteiger partial charge in [-0.05, 0) is 20.8 Å². The molecule has 0 aliphatic carbocycles. The number of alkyl halides is 17. The molecule has 0 atom stereocenters. The first kappa shape index (κ1) is 43.9. The maximum absolute atomic E-state index is 13.2. The lowest BCUT2D eigenvalue weighted by molar-refractivity contribution is -0.462. The summed E-state index contributed by atoms with van der Waals surface area (Å²) >= 11 is 0. The van der Waals surface area contributed by atoms with Gasteiger partial charge in [0.15, 0.2) is 0 Å². The Morgan fingerprint density at radius 1 is 0.558 bits per heavy atom. The van der Waals surface area contributed by atoms with Crippen LogP contribution in [-0.4, -0.2) is 84.8 Å². The molecule has 0 amide bonds. The summed E-state index contributed by atoms with van der Waals surface area (Å²) in [6, 6.07) is -6.37. The molecule has 0 radical (unpaired) electrons. The molecule has 26 heteroatoms. The first-order valence-electron chi connectivity index (χ1n) is 11.1. The normalized spacial score (nSPS) is 15.3. The lowest BCUT2D eigenvalue weighted by atomic mass is 9.90. The molecule has 0 saturated heterocycles. The third kappa shape index (κ3) is 8.74. The second kappa shape index (κ2) is 14.0. The Labute approximate surface area is 233 Å². The Hall–Kier alpha value is -1.22. The molecule has 0 rings (SSSR count). The van der Waals surface area contributed by atoms with Crippen LogP contribution in [0.15, 0.2) is 0 Å². The number of nitrogens with two attached hydrogens (primary N) is 1. The van der Waals surface area contributed by atoms with Gasteiger partial charge in [-0.15, -0.1) is 4.72 Å². The molecular formula is C17H25F17N2O5SSi. The van der Waals surface area contributed by atoms with E-state index in [-0.39, 0.29) is 0 Å². The van der Waals surface area contributed by atoms with Crippen molar-refractivity contribution in [2.75, 3.05) is 19.8 Å². The van der Waals surface area contributed by atoms with Crippen molar-refractivity contribution in [1.29, 1.82) is 0 Å². The zero-order valence-corrected chi connectivity index (χ0v) is 23.8. The van der Waals surface area contributed by atoms with Gasteiger partial charge in [-0.2, -0.15) is 83.1 Å². The van der Waals surface area contributed by atoms with Gasteiger partial charge >= 0.3 is 56.6 Å². The molecule has 0 aliphatic rings.